The van der Waals surface area contributed by atoms with Crippen LogP contribution in [0.15, 0.2) is 23.6 Å². The Labute approximate surface area is 67.8 Å². The Morgan fingerprint density at radius 2 is 2.20 bits per heavy atom. The smallest absolute Gasteiger partial charge is 0.197 e. The van der Waals surface area contributed by atoms with E-state index in [4.69, 9.17) is 16.9 Å². The molecule has 0 aliphatic carbocycles. The third-order valence-corrected chi connectivity index (χ3v) is 1.14. The van der Waals surface area contributed by atoms with Gasteiger partial charge in [0.15, 0.2) is 5.96 Å². The molecule has 0 heterocycles. The van der Waals surface area contributed by atoms with Crippen LogP contribution in [0.5, 0.6) is 0 Å². The molecule has 5 heteroatoms. The first-order chi connectivity index (χ1) is 4.59. The van der Waals surface area contributed by atoms with Crippen LogP contribution in [-0.4, -0.2) is 10.9 Å². The highest BCUT2D eigenvalue weighted by Gasteiger charge is 2.01. The fraction of sp³-hybridized carbons (Fsp3) is 0. The summed E-state index contributed by atoms with van der Waals surface area (Å²) < 4.78 is 0.474. The topological polar surface area (TPSA) is 79.1 Å². The fourth-order valence-electron chi connectivity index (χ4n) is 0.378. The summed E-state index contributed by atoms with van der Waals surface area (Å²) in [7, 11) is 0. The van der Waals surface area contributed by atoms with E-state index in [9.17, 15) is 0 Å². The predicted octanol–water partition coefficient (Wildman–Crippen LogP) is 0.478. The molecule has 0 radical (unpaired) electrons. The Balaban J connectivity index is 4.27. The van der Waals surface area contributed by atoms with Gasteiger partial charge in [0, 0.05) is 12.4 Å². The number of rotatable bonds is 2. The second-order valence-corrected chi connectivity index (χ2v) is 2.39. The fourth-order valence-corrected chi connectivity index (χ4v) is 0.687. The Morgan fingerprint density at radius 1 is 1.70 bits per heavy atom. The summed E-state index contributed by atoms with van der Waals surface area (Å²) in [5.74, 6) is -0.136. The van der Waals surface area contributed by atoms with Crippen LogP contribution in [0.2, 0.25) is 0 Å². The quantitative estimate of drug-likeness (QED) is 0.348. The van der Waals surface area contributed by atoms with E-state index in [0.29, 0.717) is 4.61 Å². The monoisotopic (exact) mass is 204 g/mol. The number of hydrogen-bond donors (Lipinski definition) is 3. The third-order valence-electron chi connectivity index (χ3n) is 0.756. The average Bonchev–Trinajstić information content (AvgIpc) is 1.81. The number of nitrogens with two attached hydrogens (primary N) is 2. The zero-order valence-corrected chi connectivity index (χ0v) is 6.93. The van der Waals surface area contributed by atoms with E-state index in [1.807, 2.05) is 0 Å². The minimum Gasteiger partial charge on any atom is -0.403 e. The van der Waals surface area contributed by atoms with Crippen molar-refractivity contribution in [2.75, 3.05) is 0 Å². The highest BCUT2D eigenvalue weighted by atomic mass is 79.9. The van der Waals surface area contributed by atoms with E-state index in [0.717, 1.165) is 0 Å². The molecule has 0 aromatic heterocycles. The third kappa shape index (κ3) is 2.54. The summed E-state index contributed by atoms with van der Waals surface area (Å²) in [6.45, 7) is 3.51. The lowest BCUT2D eigenvalue weighted by Gasteiger charge is -2.14. The molecule has 0 spiro atoms. The van der Waals surface area contributed by atoms with Gasteiger partial charge in [-0.1, -0.05) is 6.58 Å². The molecule has 0 bridgehead atoms. The van der Waals surface area contributed by atoms with Gasteiger partial charge in [-0.3, -0.25) is 10.3 Å². The molecule has 0 aromatic rings. The van der Waals surface area contributed by atoms with Gasteiger partial charge in [0.1, 0.15) is 0 Å². The van der Waals surface area contributed by atoms with E-state index < -0.39 is 0 Å². The SMILES string of the molecule is C=C(Br)N(/C=C\N)C(=N)N. The van der Waals surface area contributed by atoms with Gasteiger partial charge in [-0.05, 0) is 15.9 Å². The second kappa shape index (κ2) is 3.94. The summed E-state index contributed by atoms with van der Waals surface area (Å²) in [6.07, 6.45) is 2.70. The Morgan fingerprint density at radius 3 is 2.30 bits per heavy atom. The van der Waals surface area contributed by atoms with E-state index in [1.165, 1.54) is 17.3 Å². The Hall–Kier alpha value is -0.970. The van der Waals surface area contributed by atoms with Crippen molar-refractivity contribution in [3.63, 3.8) is 0 Å². The van der Waals surface area contributed by atoms with Crippen molar-refractivity contribution in [1.82, 2.24) is 4.90 Å². The van der Waals surface area contributed by atoms with Crippen molar-refractivity contribution < 1.29 is 0 Å². The number of guanidine groups is 1. The van der Waals surface area contributed by atoms with Gasteiger partial charge in [-0.2, -0.15) is 0 Å². The standard InChI is InChI=1S/C5H9BrN4/c1-4(6)10(3-2-7)5(8)9/h2-3H,1,7H2,(H3,8,9)/b3-2-. The van der Waals surface area contributed by atoms with E-state index >= 15 is 0 Å². The molecule has 0 atom stereocenters. The van der Waals surface area contributed by atoms with Crippen LogP contribution in [0.4, 0.5) is 0 Å². The van der Waals surface area contributed by atoms with Gasteiger partial charge in [0.25, 0.3) is 0 Å². The molecule has 10 heavy (non-hydrogen) atoms. The summed E-state index contributed by atoms with van der Waals surface area (Å²) in [5, 5.41) is 6.99. The number of nitrogens with zero attached hydrogens (tertiary/aromatic N) is 1. The van der Waals surface area contributed by atoms with Gasteiger partial charge in [-0.15, -0.1) is 0 Å². The lowest BCUT2D eigenvalue weighted by atomic mass is 10.7. The lowest BCUT2D eigenvalue weighted by Crippen LogP contribution is -2.29. The maximum Gasteiger partial charge on any atom is 0.197 e. The molecule has 4 nitrogen and oxygen atoms in total. The minimum atomic E-state index is -0.136. The van der Waals surface area contributed by atoms with Crippen molar-refractivity contribution >= 4 is 21.9 Å². The Bertz CT molecular complexity index is 160. The summed E-state index contributed by atoms with van der Waals surface area (Å²) in [6, 6.07) is 0. The van der Waals surface area contributed by atoms with Gasteiger partial charge >= 0.3 is 0 Å². The van der Waals surface area contributed by atoms with Crippen molar-refractivity contribution in [3.05, 3.63) is 23.6 Å². The summed E-state index contributed by atoms with van der Waals surface area (Å²) in [5.41, 5.74) is 10.2. The van der Waals surface area contributed by atoms with Crippen LogP contribution in [0.1, 0.15) is 0 Å². The second-order valence-electron chi connectivity index (χ2n) is 1.47. The van der Waals surface area contributed by atoms with Crippen molar-refractivity contribution in [3.8, 4) is 0 Å². The van der Waals surface area contributed by atoms with Crippen LogP contribution in [0.3, 0.4) is 0 Å². The number of nitrogens with one attached hydrogen (secondary N) is 1. The first kappa shape index (κ1) is 9.03. The predicted molar refractivity (Wildman–Crippen MR) is 45.1 cm³/mol. The van der Waals surface area contributed by atoms with Gasteiger partial charge in [-0.25, -0.2) is 0 Å². The molecule has 0 aliphatic heterocycles. The molecular weight excluding hydrogens is 196 g/mol. The van der Waals surface area contributed by atoms with Crippen LogP contribution in [-0.2, 0) is 0 Å². The first-order valence-corrected chi connectivity index (χ1v) is 3.25. The largest absolute Gasteiger partial charge is 0.403 e. The van der Waals surface area contributed by atoms with E-state index in [1.54, 1.807) is 0 Å². The van der Waals surface area contributed by atoms with E-state index in [-0.39, 0.29) is 5.96 Å². The molecule has 0 aliphatic rings. The van der Waals surface area contributed by atoms with Crippen molar-refractivity contribution in [2.24, 2.45) is 11.5 Å². The molecule has 0 amide bonds. The lowest BCUT2D eigenvalue weighted by molar-refractivity contribution is 0.728. The normalized spacial score (nSPS) is 9.70. The molecule has 0 unspecified atom stereocenters. The highest BCUT2D eigenvalue weighted by Crippen LogP contribution is 2.07. The van der Waals surface area contributed by atoms with Gasteiger partial charge in [0.2, 0.25) is 0 Å². The zero-order valence-electron chi connectivity index (χ0n) is 5.34. The first-order valence-electron chi connectivity index (χ1n) is 2.45. The molecule has 5 N–H and O–H groups in total. The van der Waals surface area contributed by atoms with Crippen molar-refractivity contribution in [1.29, 1.82) is 5.41 Å². The maximum atomic E-state index is 6.99. The molecule has 0 rings (SSSR count). The number of hydrogen-bond acceptors (Lipinski definition) is 2. The van der Waals surface area contributed by atoms with E-state index in [2.05, 4.69) is 22.5 Å². The molecule has 0 fully saturated rings. The van der Waals surface area contributed by atoms with Gasteiger partial charge < -0.3 is 11.5 Å². The highest BCUT2D eigenvalue weighted by molar-refractivity contribution is 9.11. The maximum absolute atomic E-state index is 6.99. The average molecular weight is 205 g/mol. The summed E-state index contributed by atoms with van der Waals surface area (Å²) in [4.78, 5) is 1.29. The van der Waals surface area contributed by atoms with Crippen LogP contribution < -0.4 is 11.5 Å². The van der Waals surface area contributed by atoms with Crippen molar-refractivity contribution in [2.45, 2.75) is 0 Å². The number of halogens is 1. The zero-order chi connectivity index (χ0) is 8.15. The van der Waals surface area contributed by atoms with Crippen LogP contribution in [0, 0.1) is 5.41 Å². The molecule has 56 valence electrons. The molecular formula is C5H9BrN4. The minimum absolute atomic E-state index is 0.136. The molecule has 0 aromatic carbocycles. The molecule has 0 saturated carbocycles. The van der Waals surface area contributed by atoms with Gasteiger partial charge in [0.05, 0.1) is 4.61 Å². The molecule has 0 saturated heterocycles. The summed E-state index contributed by atoms with van der Waals surface area (Å²) >= 11 is 3.05. The Kier molecular flexibility index (Phi) is 3.56. The van der Waals surface area contributed by atoms with Crippen LogP contribution in [0.25, 0.3) is 0 Å². The van der Waals surface area contributed by atoms with Crippen LogP contribution >= 0.6 is 15.9 Å².